The van der Waals surface area contributed by atoms with Crippen molar-refractivity contribution in [2.75, 3.05) is 0 Å². The van der Waals surface area contributed by atoms with Crippen molar-refractivity contribution in [3.05, 3.63) is 0 Å². The van der Waals surface area contributed by atoms with Gasteiger partial charge in [0.25, 0.3) is 0 Å². The number of carbonyl (C=O) groups excluding carboxylic acids is 1. The zero-order valence-corrected chi connectivity index (χ0v) is 13.4. The molecule has 7 unspecified atom stereocenters. The maximum Gasteiger partial charge on any atom is 0.322 e. The number of fused-ring (bicyclic) bond motifs is 5. The molecule has 3 aliphatic rings. The smallest absolute Gasteiger partial charge is 0.322 e. The van der Waals surface area contributed by atoms with Gasteiger partial charge in [0.2, 0.25) is 6.29 Å². The molecule has 0 heterocycles. The highest BCUT2D eigenvalue weighted by atomic mass is 16.7. The van der Waals surface area contributed by atoms with Gasteiger partial charge in [-0.05, 0) is 56.3 Å². The van der Waals surface area contributed by atoms with Crippen molar-refractivity contribution < 1.29 is 24.2 Å². The van der Waals surface area contributed by atoms with Crippen molar-refractivity contribution in [2.24, 2.45) is 29.6 Å². The first-order chi connectivity index (χ1) is 10.5. The average molecular weight is 310 g/mol. The van der Waals surface area contributed by atoms with E-state index < -0.39 is 24.1 Å². The molecule has 124 valence electrons. The van der Waals surface area contributed by atoms with E-state index in [4.69, 9.17) is 14.6 Å². The second-order valence-electron chi connectivity index (χ2n) is 7.16. The Morgan fingerprint density at radius 3 is 2.59 bits per heavy atom. The van der Waals surface area contributed by atoms with E-state index in [1.165, 1.54) is 32.6 Å². The van der Waals surface area contributed by atoms with Crippen LogP contribution in [-0.2, 0) is 19.1 Å². The standard InChI is InChI=1S/C17H26O5/c1-3-15(22-17(20)9(2)16(18)19)21-14-8-10-7-13(14)12-6-4-5-11(10)12/h9-15H,3-8H2,1-2H3,(H,18,19). The van der Waals surface area contributed by atoms with Crippen LogP contribution >= 0.6 is 0 Å². The van der Waals surface area contributed by atoms with Crippen LogP contribution in [0.15, 0.2) is 0 Å². The Morgan fingerprint density at radius 2 is 1.91 bits per heavy atom. The van der Waals surface area contributed by atoms with Crippen LogP contribution in [0.3, 0.4) is 0 Å². The van der Waals surface area contributed by atoms with Gasteiger partial charge in [-0.25, -0.2) is 0 Å². The molecule has 0 spiro atoms. The molecule has 0 aromatic rings. The number of hydrogen-bond donors (Lipinski definition) is 1. The lowest BCUT2D eigenvalue weighted by molar-refractivity contribution is -0.202. The summed E-state index contributed by atoms with van der Waals surface area (Å²) in [5.41, 5.74) is 0. The van der Waals surface area contributed by atoms with E-state index in [2.05, 4.69) is 0 Å². The molecule has 3 rings (SSSR count). The molecule has 5 nitrogen and oxygen atoms in total. The number of aliphatic carboxylic acids is 1. The van der Waals surface area contributed by atoms with Crippen molar-refractivity contribution in [3.63, 3.8) is 0 Å². The molecule has 0 aromatic carbocycles. The minimum Gasteiger partial charge on any atom is -0.481 e. The quantitative estimate of drug-likeness (QED) is 0.464. The van der Waals surface area contributed by atoms with Gasteiger partial charge < -0.3 is 14.6 Å². The minimum absolute atomic E-state index is 0.183. The number of esters is 1. The molecule has 3 aliphatic carbocycles. The summed E-state index contributed by atoms with van der Waals surface area (Å²) in [6, 6.07) is 0. The van der Waals surface area contributed by atoms with Gasteiger partial charge in [-0.2, -0.15) is 0 Å². The summed E-state index contributed by atoms with van der Waals surface area (Å²) < 4.78 is 11.3. The van der Waals surface area contributed by atoms with Crippen LogP contribution in [0.25, 0.3) is 0 Å². The molecule has 3 fully saturated rings. The summed E-state index contributed by atoms with van der Waals surface area (Å²) >= 11 is 0. The summed E-state index contributed by atoms with van der Waals surface area (Å²) in [4.78, 5) is 22.6. The van der Waals surface area contributed by atoms with Crippen LogP contribution in [0.1, 0.15) is 52.4 Å². The highest BCUT2D eigenvalue weighted by Crippen LogP contribution is 2.59. The van der Waals surface area contributed by atoms with Gasteiger partial charge in [0.05, 0.1) is 6.10 Å². The first-order valence-electron chi connectivity index (χ1n) is 8.60. The molecular formula is C17H26O5. The molecule has 5 heteroatoms. The van der Waals surface area contributed by atoms with Crippen LogP contribution < -0.4 is 0 Å². The fourth-order valence-corrected chi connectivity index (χ4v) is 4.90. The molecule has 22 heavy (non-hydrogen) atoms. The predicted octanol–water partition coefficient (Wildman–Crippen LogP) is 2.83. The Bertz CT molecular complexity index is 448. The molecule has 0 saturated heterocycles. The third kappa shape index (κ3) is 2.75. The molecule has 7 atom stereocenters. The largest absolute Gasteiger partial charge is 0.481 e. The Kier molecular flexibility index (Phi) is 4.44. The summed E-state index contributed by atoms with van der Waals surface area (Å²) in [5.74, 6) is 0.0944. The maximum atomic E-state index is 11.8. The third-order valence-corrected chi connectivity index (χ3v) is 6.00. The number of hydrogen-bond acceptors (Lipinski definition) is 4. The van der Waals surface area contributed by atoms with Gasteiger partial charge in [-0.3, -0.25) is 9.59 Å². The minimum atomic E-state index is -1.16. The van der Waals surface area contributed by atoms with Crippen molar-refractivity contribution in [1.29, 1.82) is 0 Å². The summed E-state index contributed by atoms with van der Waals surface area (Å²) in [7, 11) is 0. The predicted molar refractivity (Wildman–Crippen MR) is 78.9 cm³/mol. The molecular weight excluding hydrogens is 284 g/mol. The number of rotatable bonds is 6. The lowest BCUT2D eigenvalue weighted by Gasteiger charge is -2.33. The van der Waals surface area contributed by atoms with E-state index >= 15 is 0 Å². The van der Waals surface area contributed by atoms with Crippen LogP contribution in [0, 0.1) is 29.6 Å². The van der Waals surface area contributed by atoms with Crippen molar-refractivity contribution >= 4 is 11.9 Å². The zero-order chi connectivity index (χ0) is 15.9. The number of carboxylic acids is 1. The highest BCUT2D eigenvalue weighted by Gasteiger charge is 2.54. The Morgan fingerprint density at radius 1 is 1.18 bits per heavy atom. The van der Waals surface area contributed by atoms with Gasteiger partial charge >= 0.3 is 11.9 Å². The van der Waals surface area contributed by atoms with Crippen LogP contribution in [0.4, 0.5) is 0 Å². The van der Waals surface area contributed by atoms with E-state index in [0.29, 0.717) is 12.3 Å². The third-order valence-electron chi connectivity index (χ3n) is 6.00. The van der Waals surface area contributed by atoms with Crippen molar-refractivity contribution in [2.45, 2.75) is 64.8 Å². The van der Waals surface area contributed by atoms with Crippen LogP contribution in [0.5, 0.6) is 0 Å². The molecule has 3 saturated carbocycles. The molecule has 1 N–H and O–H groups in total. The monoisotopic (exact) mass is 310 g/mol. The fraction of sp³-hybridized carbons (Fsp3) is 0.882. The lowest BCUT2D eigenvalue weighted by atomic mass is 9.80. The fourth-order valence-electron chi connectivity index (χ4n) is 4.90. The summed E-state index contributed by atoms with van der Waals surface area (Å²) in [6.07, 6.45) is 6.50. The first kappa shape index (κ1) is 15.8. The Labute approximate surface area is 131 Å². The van der Waals surface area contributed by atoms with Crippen LogP contribution in [0.2, 0.25) is 0 Å². The van der Waals surface area contributed by atoms with Gasteiger partial charge in [-0.1, -0.05) is 13.3 Å². The van der Waals surface area contributed by atoms with Crippen LogP contribution in [-0.4, -0.2) is 29.4 Å². The Balaban J connectivity index is 1.55. The van der Waals surface area contributed by atoms with E-state index in [0.717, 1.165) is 24.2 Å². The van der Waals surface area contributed by atoms with E-state index in [1.54, 1.807) is 0 Å². The van der Waals surface area contributed by atoms with Gasteiger partial charge in [-0.15, -0.1) is 0 Å². The number of carboxylic acid groups (broad SMARTS) is 1. The van der Waals surface area contributed by atoms with Gasteiger partial charge in [0.1, 0.15) is 0 Å². The number of ether oxygens (including phenoxy) is 2. The Hall–Kier alpha value is -1.10. The highest BCUT2D eigenvalue weighted by molar-refractivity contribution is 5.93. The molecule has 0 radical (unpaired) electrons. The molecule has 0 amide bonds. The van der Waals surface area contributed by atoms with Crippen molar-refractivity contribution in [1.82, 2.24) is 0 Å². The van der Waals surface area contributed by atoms with E-state index in [-0.39, 0.29) is 6.10 Å². The second-order valence-corrected chi connectivity index (χ2v) is 7.16. The van der Waals surface area contributed by atoms with Gasteiger partial charge in [0, 0.05) is 6.42 Å². The molecule has 0 aliphatic heterocycles. The number of carbonyl (C=O) groups is 2. The average Bonchev–Trinajstić information content (AvgIpc) is 3.17. The van der Waals surface area contributed by atoms with E-state index in [9.17, 15) is 9.59 Å². The van der Waals surface area contributed by atoms with Crippen molar-refractivity contribution in [3.8, 4) is 0 Å². The van der Waals surface area contributed by atoms with E-state index in [1.807, 2.05) is 6.92 Å². The van der Waals surface area contributed by atoms with Gasteiger partial charge in [0.15, 0.2) is 5.92 Å². The zero-order valence-electron chi connectivity index (χ0n) is 13.4. The first-order valence-corrected chi connectivity index (χ1v) is 8.60. The summed E-state index contributed by atoms with van der Waals surface area (Å²) in [6.45, 7) is 3.24. The maximum absolute atomic E-state index is 11.8. The summed E-state index contributed by atoms with van der Waals surface area (Å²) in [5, 5.41) is 8.87. The lowest BCUT2D eigenvalue weighted by Crippen LogP contribution is -2.36. The molecule has 0 aromatic heterocycles. The SMILES string of the molecule is CCC(OC(=O)C(C)C(=O)O)OC1CC2CC1C1CCCC21. The topological polar surface area (TPSA) is 72.8 Å². The second kappa shape index (κ2) is 6.19. The molecule has 2 bridgehead atoms. The normalized spacial score (nSPS) is 38.5.